The monoisotopic (exact) mass is 505 g/mol. The molecule has 0 fully saturated rings. The highest BCUT2D eigenvalue weighted by atomic mass is 32.2. The lowest BCUT2D eigenvalue weighted by Gasteiger charge is -2.44. The highest BCUT2D eigenvalue weighted by Gasteiger charge is 2.55. The van der Waals surface area contributed by atoms with E-state index in [1.165, 1.54) is 0 Å². The van der Waals surface area contributed by atoms with E-state index >= 15 is 0 Å². The molecule has 0 aromatic heterocycles. The summed E-state index contributed by atoms with van der Waals surface area (Å²) in [5, 5.41) is 23.9. The maximum atomic E-state index is 13.9. The first-order chi connectivity index (χ1) is 16.4. The molecular weight excluding hydrogens is 469 g/mol. The zero-order valence-corrected chi connectivity index (χ0v) is 22.1. The van der Waals surface area contributed by atoms with E-state index in [1.54, 1.807) is 31.4 Å². The molecule has 0 spiro atoms. The van der Waals surface area contributed by atoms with E-state index in [2.05, 4.69) is 5.32 Å². The second-order valence-corrected chi connectivity index (χ2v) is 11.0. The van der Waals surface area contributed by atoms with Gasteiger partial charge in [0.2, 0.25) is 0 Å². The van der Waals surface area contributed by atoms with Gasteiger partial charge in [0.25, 0.3) is 4.93 Å². The van der Waals surface area contributed by atoms with Gasteiger partial charge in [-0.05, 0) is 75.6 Å². The van der Waals surface area contributed by atoms with Crippen LogP contribution < -0.4 is 10.1 Å². The average molecular weight is 506 g/mol. The van der Waals surface area contributed by atoms with Crippen LogP contribution in [0.15, 0.2) is 36.4 Å². The van der Waals surface area contributed by atoms with Crippen molar-refractivity contribution in [2.24, 2.45) is 0 Å². The number of ether oxygens (including phenoxy) is 2. The van der Waals surface area contributed by atoms with Crippen LogP contribution in [-0.2, 0) is 26.5 Å². The first kappa shape index (κ1) is 27.5. The summed E-state index contributed by atoms with van der Waals surface area (Å²) in [6.07, 6.45) is 2.11. The van der Waals surface area contributed by atoms with Gasteiger partial charge in [-0.15, -0.1) is 11.8 Å². The fourth-order valence-electron chi connectivity index (χ4n) is 4.36. The van der Waals surface area contributed by atoms with Crippen LogP contribution in [-0.4, -0.2) is 47.2 Å². The van der Waals surface area contributed by atoms with E-state index in [-0.39, 0.29) is 18.0 Å². The zero-order chi connectivity index (χ0) is 26.0. The number of carbonyl (C=O) groups is 1. The Balaban J connectivity index is 1.65. The number of fused-ring (bicyclic) bond motifs is 1. The highest BCUT2D eigenvalue weighted by molar-refractivity contribution is 8.00. The first-order valence-corrected chi connectivity index (χ1v) is 13.0. The number of hydrogen-bond donors (Lipinski definition) is 3. The number of β-amino-alcohol motifs (C(OH)–C–C–N with tert-alkyl or cyclic N) is 1. The van der Waals surface area contributed by atoms with E-state index in [1.807, 2.05) is 45.9 Å². The molecule has 0 aliphatic carbocycles. The standard InChI is InChI=1S/C27H36FNO5S/c1-7-26(5,20-9-8-10-22-23(20)27(34-22,35-6)24(31)32)33-16-19(30)15-29-25(3,4)14-18-12-11-17(2)21(28)13-18/h8-13,19,29-30H,7,14-16H2,1-6H3,(H,31,32). The summed E-state index contributed by atoms with van der Waals surface area (Å²) in [4.78, 5) is 10.6. The molecule has 2 aromatic carbocycles. The highest BCUT2D eigenvalue weighted by Crippen LogP contribution is 2.54. The summed E-state index contributed by atoms with van der Waals surface area (Å²) in [5.41, 5.74) is 1.70. The fraction of sp³-hybridized carbons (Fsp3) is 0.519. The average Bonchev–Trinajstić information content (AvgIpc) is 2.79. The molecule has 1 aliphatic rings. The van der Waals surface area contributed by atoms with Gasteiger partial charge in [-0.1, -0.05) is 31.2 Å². The lowest BCUT2D eigenvalue weighted by Crippen LogP contribution is -2.49. The Bertz CT molecular complexity index is 1080. The number of aliphatic carboxylic acids is 1. The summed E-state index contributed by atoms with van der Waals surface area (Å²) in [6.45, 7) is 9.98. The third kappa shape index (κ3) is 5.66. The number of benzene rings is 2. The summed E-state index contributed by atoms with van der Waals surface area (Å²) < 4.78 is 25.8. The normalized spacial score (nSPS) is 19.8. The second-order valence-electron chi connectivity index (χ2n) is 9.98. The molecule has 35 heavy (non-hydrogen) atoms. The number of thioether (sulfide) groups is 1. The van der Waals surface area contributed by atoms with Crippen molar-refractivity contribution in [2.75, 3.05) is 19.4 Å². The van der Waals surface area contributed by atoms with Gasteiger partial charge in [-0.2, -0.15) is 0 Å². The number of nitrogens with one attached hydrogen (secondary N) is 1. The quantitative estimate of drug-likeness (QED) is 0.384. The van der Waals surface area contributed by atoms with E-state index in [0.717, 1.165) is 22.9 Å². The minimum absolute atomic E-state index is 0.0659. The molecule has 3 N–H and O–H groups in total. The van der Waals surface area contributed by atoms with E-state index in [0.29, 0.717) is 36.3 Å². The van der Waals surface area contributed by atoms with Crippen LogP contribution in [0.4, 0.5) is 4.39 Å². The van der Waals surface area contributed by atoms with Crippen molar-refractivity contribution < 1.29 is 28.9 Å². The lowest BCUT2D eigenvalue weighted by molar-refractivity contribution is -0.151. The Kier molecular flexibility index (Phi) is 8.21. The molecule has 0 amide bonds. The van der Waals surface area contributed by atoms with Crippen LogP contribution in [0.2, 0.25) is 0 Å². The van der Waals surface area contributed by atoms with Gasteiger partial charge >= 0.3 is 5.97 Å². The first-order valence-electron chi connectivity index (χ1n) is 11.8. The number of halogens is 1. The van der Waals surface area contributed by atoms with E-state index < -0.39 is 22.6 Å². The summed E-state index contributed by atoms with van der Waals surface area (Å²) in [5.74, 6) is -0.733. The molecule has 192 valence electrons. The number of aryl methyl sites for hydroxylation is 1. The predicted molar refractivity (Wildman–Crippen MR) is 136 cm³/mol. The van der Waals surface area contributed by atoms with Gasteiger partial charge in [-0.25, -0.2) is 9.18 Å². The van der Waals surface area contributed by atoms with Crippen LogP contribution in [0.1, 0.15) is 56.4 Å². The zero-order valence-electron chi connectivity index (χ0n) is 21.3. The molecule has 1 heterocycles. The molecule has 3 atom stereocenters. The number of rotatable bonds is 12. The molecule has 8 heteroatoms. The molecule has 1 aliphatic heterocycles. The smallest absolute Gasteiger partial charge is 0.364 e. The number of carboxylic acids is 1. The van der Waals surface area contributed by atoms with Gasteiger partial charge in [0, 0.05) is 12.1 Å². The Morgan fingerprint density at radius 2 is 2.00 bits per heavy atom. The van der Waals surface area contributed by atoms with Gasteiger partial charge in [0.1, 0.15) is 11.6 Å². The Morgan fingerprint density at radius 3 is 2.60 bits per heavy atom. The number of carboxylic acid groups (broad SMARTS) is 1. The van der Waals surface area contributed by atoms with E-state index in [4.69, 9.17) is 9.47 Å². The van der Waals surface area contributed by atoms with Crippen molar-refractivity contribution in [1.82, 2.24) is 5.32 Å². The predicted octanol–water partition coefficient (Wildman–Crippen LogP) is 4.74. The minimum atomic E-state index is -1.45. The van der Waals surface area contributed by atoms with E-state index in [9.17, 15) is 19.4 Å². The fourth-order valence-corrected chi connectivity index (χ4v) is 5.12. The third-order valence-corrected chi connectivity index (χ3v) is 7.75. The van der Waals surface area contributed by atoms with Gasteiger partial charge in [0.05, 0.1) is 23.9 Å². The Labute approximate surface area is 211 Å². The van der Waals surface area contributed by atoms with Crippen LogP contribution in [0.25, 0.3) is 0 Å². The molecule has 2 aromatic rings. The van der Waals surface area contributed by atoms with Crippen molar-refractivity contribution >= 4 is 17.7 Å². The van der Waals surface area contributed by atoms with Crippen molar-refractivity contribution in [3.63, 3.8) is 0 Å². The molecule has 0 bridgehead atoms. The third-order valence-electron chi connectivity index (χ3n) is 6.72. The van der Waals surface area contributed by atoms with Gasteiger partial charge in [-0.3, -0.25) is 0 Å². The minimum Gasteiger partial charge on any atom is -0.477 e. The largest absolute Gasteiger partial charge is 0.477 e. The molecule has 3 unspecified atom stereocenters. The maximum absolute atomic E-state index is 13.9. The number of hydrogen-bond acceptors (Lipinski definition) is 6. The number of aliphatic hydroxyl groups excluding tert-OH is 1. The Hall–Kier alpha value is -2.13. The molecule has 6 nitrogen and oxygen atoms in total. The topological polar surface area (TPSA) is 88.0 Å². The van der Waals surface area contributed by atoms with Crippen LogP contribution >= 0.6 is 11.8 Å². The molecule has 0 saturated carbocycles. The Morgan fingerprint density at radius 1 is 1.29 bits per heavy atom. The molecule has 3 rings (SSSR count). The lowest BCUT2D eigenvalue weighted by atomic mass is 9.84. The summed E-state index contributed by atoms with van der Waals surface area (Å²) >= 11 is 1.13. The second kappa shape index (κ2) is 10.5. The van der Waals surface area contributed by atoms with Crippen molar-refractivity contribution in [3.8, 4) is 5.75 Å². The van der Waals surface area contributed by atoms with Crippen LogP contribution in [0.5, 0.6) is 5.75 Å². The van der Waals surface area contributed by atoms with Crippen LogP contribution in [0, 0.1) is 12.7 Å². The SMILES string of the molecule is CCC(C)(OCC(O)CNC(C)(C)Cc1ccc(C)c(F)c1)c1cccc2c1C(SC)(C(=O)O)O2. The van der Waals surface area contributed by atoms with Gasteiger partial charge < -0.3 is 25.0 Å². The molecule has 0 radical (unpaired) electrons. The van der Waals surface area contributed by atoms with Gasteiger partial charge in [0.15, 0.2) is 0 Å². The molecule has 0 saturated heterocycles. The van der Waals surface area contributed by atoms with Crippen LogP contribution in [0.3, 0.4) is 0 Å². The maximum Gasteiger partial charge on any atom is 0.364 e. The van der Waals surface area contributed by atoms with Crippen molar-refractivity contribution in [2.45, 2.75) is 69.6 Å². The number of aliphatic hydroxyl groups is 1. The summed E-state index contributed by atoms with van der Waals surface area (Å²) in [7, 11) is 0. The molecular formula is C27H36FNO5S. The van der Waals surface area contributed by atoms with Crippen molar-refractivity contribution in [3.05, 3.63) is 64.5 Å². The summed E-state index contributed by atoms with van der Waals surface area (Å²) in [6, 6.07) is 10.7. The van der Waals surface area contributed by atoms with Crippen molar-refractivity contribution in [1.29, 1.82) is 0 Å².